The number of carbonyl (C=O) groups excluding carboxylic acids is 1. The summed E-state index contributed by atoms with van der Waals surface area (Å²) < 4.78 is 2.13. The zero-order valence-corrected chi connectivity index (χ0v) is 17.8. The second-order valence-electron chi connectivity index (χ2n) is 7.47. The van der Waals surface area contributed by atoms with Crippen LogP contribution < -0.4 is 10.6 Å². The normalized spacial score (nSPS) is 12.0. The molecule has 0 radical (unpaired) electrons. The van der Waals surface area contributed by atoms with Crippen molar-refractivity contribution in [3.8, 4) is 0 Å². The summed E-state index contributed by atoms with van der Waals surface area (Å²) in [5, 5.41) is 7.73. The van der Waals surface area contributed by atoms with Crippen molar-refractivity contribution in [2.24, 2.45) is 7.05 Å². The molecule has 1 aromatic heterocycles. The first-order valence-electron chi connectivity index (χ1n) is 9.93. The zero-order chi connectivity index (χ0) is 21.1. The third-order valence-corrected chi connectivity index (χ3v) is 5.81. The van der Waals surface area contributed by atoms with E-state index in [-0.39, 0.29) is 11.9 Å². The largest absolute Gasteiger partial charge is 0.350 e. The molecule has 0 aliphatic carbocycles. The van der Waals surface area contributed by atoms with Crippen LogP contribution in [0.3, 0.4) is 0 Å². The van der Waals surface area contributed by atoms with Crippen molar-refractivity contribution >= 4 is 34.2 Å². The van der Waals surface area contributed by atoms with Crippen molar-refractivity contribution in [1.29, 1.82) is 0 Å². The number of carbonyl (C=O) groups is 1. The number of urea groups is 1. The average Bonchev–Trinajstić information content (AvgIpc) is 3.08. The van der Waals surface area contributed by atoms with E-state index < -0.39 is 0 Å². The molecule has 1 heterocycles. The van der Waals surface area contributed by atoms with E-state index in [4.69, 9.17) is 11.6 Å². The van der Waals surface area contributed by atoms with Crippen LogP contribution in [0.5, 0.6) is 0 Å². The highest BCUT2D eigenvalue weighted by Crippen LogP contribution is 2.31. The Balaban J connectivity index is 1.58. The van der Waals surface area contributed by atoms with E-state index in [9.17, 15) is 4.79 Å². The van der Waals surface area contributed by atoms with Gasteiger partial charge in [0.1, 0.15) is 0 Å². The first kappa shape index (κ1) is 20.0. The quantitative estimate of drug-likeness (QED) is 0.405. The maximum atomic E-state index is 12.6. The van der Waals surface area contributed by atoms with Crippen molar-refractivity contribution in [3.05, 3.63) is 101 Å². The Hall–Kier alpha value is -3.24. The lowest BCUT2D eigenvalue weighted by molar-refractivity contribution is 0.252. The number of aromatic nitrogens is 1. The molecule has 1 atom stereocenters. The molecule has 3 aromatic carbocycles. The van der Waals surface area contributed by atoms with E-state index in [1.807, 2.05) is 43.3 Å². The van der Waals surface area contributed by atoms with Crippen LogP contribution in [0, 0.1) is 6.92 Å². The standard InChI is InChI=1S/C25H24ClN3O/c1-17-12-13-19(14-23(17)26)28-25(30)27-15-21(18-8-4-3-5-9-18)22-16-29(2)24-11-7-6-10-20(22)24/h3-14,16,21H,15H2,1-2H3,(H2,27,28,30)/t21-/m0/s1. The number of halogens is 1. The number of benzene rings is 3. The molecule has 4 rings (SSSR count). The van der Waals surface area contributed by atoms with Crippen LogP contribution in [0.25, 0.3) is 10.9 Å². The minimum absolute atomic E-state index is 0.0321. The second-order valence-corrected chi connectivity index (χ2v) is 7.88. The van der Waals surface area contributed by atoms with Gasteiger partial charge < -0.3 is 15.2 Å². The summed E-state index contributed by atoms with van der Waals surface area (Å²) >= 11 is 6.17. The van der Waals surface area contributed by atoms with E-state index in [0.29, 0.717) is 17.3 Å². The summed E-state index contributed by atoms with van der Waals surface area (Å²) in [6, 6.07) is 23.9. The lowest BCUT2D eigenvalue weighted by Gasteiger charge is -2.18. The highest BCUT2D eigenvalue weighted by Gasteiger charge is 2.20. The van der Waals surface area contributed by atoms with Gasteiger partial charge in [0.2, 0.25) is 0 Å². The molecule has 0 spiro atoms. The first-order chi connectivity index (χ1) is 14.5. The van der Waals surface area contributed by atoms with Gasteiger partial charge in [-0.1, -0.05) is 66.2 Å². The van der Waals surface area contributed by atoms with E-state index >= 15 is 0 Å². The molecular weight excluding hydrogens is 394 g/mol. The molecule has 4 aromatic rings. The summed E-state index contributed by atoms with van der Waals surface area (Å²) in [6.45, 7) is 2.41. The van der Waals surface area contributed by atoms with Crippen LogP contribution in [-0.2, 0) is 7.05 Å². The average molecular weight is 418 g/mol. The minimum Gasteiger partial charge on any atom is -0.350 e. The number of aryl methyl sites for hydroxylation is 2. The minimum atomic E-state index is -0.254. The number of hydrogen-bond donors (Lipinski definition) is 2. The maximum Gasteiger partial charge on any atom is 0.319 e. The van der Waals surface area contributed by atoms with Gasteiger partial charge in [-0.25, -0.2) is 4.79 Å². The Morgan fingerprint density at radius 3 is 2.53 bits per heavy atom. The highest BCUT2D eigenvalue weighted by atomic mass is 35.5. The van der Waals surface area contributed by atoms with Gasteiger partial charge in [0.15, 0.2) is 0 Å². The Morgan fingerprint density at radius 1 is 1.03 bits per heavy atom. The molecule has 4 nitrogen and oxygen atoms in total. The van der Waals surface area contributed by atoms with Gasteiger partial charge >= 0.3 is 6.03 Å². The zero-order valence-electron chi connectivity index (χ0n) is 17.0. The number of anilines is 1. The third-order valence-electron chi connectivity index (χ3n) is 5.40. The van der Waals surface area contributed by atoms with E-state index in [2.05, 4.69) is 58.8 Å². The van der Waals surface area contributed by atoms with Crippen LogP contribution in [-0.4, -0.2) is 17.1 Å². The molecule has 0 fully saturated rings. The summed E-state index contributed by atoms with van der Waals surface area (Å²) in [6.07, 6.45) is 2.15. The Labute approximate surface area is 181 Å². The van der Waals surface area contributed by atoms with Gasteiger partial charge in [-0.05, 0) is 41.8 Å². The second kappa shape index (κ2) is 8.64. The van der Waals surface area contributed by atoms with Crippen LogP contribution in [0.1, 0.15) is 22.6 Å². The molecule has 2 N–H and O–H groups in total. The Morgan fingerprint density at radius 2 is 1.77 bits per heavy atom. The monoisotopic (exact) mass is 417 g/mol. The molecule has 30 heavy (non-hydrogen) atoms. The number of para-hydroxylation sites is 1. The fourth-order valence-corrected chi connectivity index (χ4v) is 3.96. The van der Waals surface area contributed by atoms with Gasteiger partial charge in [0.25, 0.3) is 0 Å². The fourth-order valence-electron chi connectivity index (χ4n) is 3.78. The molecule has 0 aliphatic rings. The van der Waals surface area contributed by atoms with E-state index in [0.717, 1.165) is 11.1 Å². The molecule has 0 unspecified atom stereocenters. The molecular formula is C25H24ClN3O. The van der Waals surface area contributed by atoms with Gasteiger partial charge in [0, 0.05) is 47.3 Å². The van der Waals surface area contributed by atoms with Crippen LogP contribution in [0.15, 0.2) is 79.0 Å². The molecule has 152 valence electrons. The SMILES string of the molecule is Cc1ccc(NC(=O)NC[C@@H](c2ccccc2)c2cn(C)c3ccccc23)cc1Cl. The lowest BCUT2D eigenvalue weighted by atomic mass is 9.91. The maximum absolute atomic E-state index is 12.6. The van der Waals surface area contributed by atoms with E-state index in [1.165, 1.54) is 16.5 Å². The first-order valence-corrected chi connectivity index (χ1v) is 10.3. The predicted molar refractivity (Wildman–Crippen MR) is 124 cm³/mol. The van der Waals surface area contributed by atoms with Crippen LogP contribution >= 0.6 is 11.6 Å². The molecule has 0 saturated carbocycles. The number of nitrogens with zero attached hydrogens (tertiary/aromatic N) is 1. The van der Waals surface area contributed by atoms with Gasteiger partial charge in [-0.3, -0.25) is 0 Å². The third kappa shape index (κ3) is 4.19. The van der Waals surface area contributed by atoms with Gasteiger partial charge in [-0.2, -0.15) is 0 Å². The summed E-state index contributed by atoms with van der Waals surface area (Å²) in [5.74, 6) is 0.0321. The summed E-state index contributed by atoms with van der Waals surface area (Å²) in [4.78, 5) is 12.6. The van der Waals surface area contributed by atoms with Gasteiger partial charge in [0.05, 0.1) is 0 Å². The molecule has 0 bridgehead atoms. The number of hydrogen-bond acceptors (Lipinski definition) is 1. The molecule has 0 saturated heterocycles. The van der Waals surface area contributed by atoms with Crippen molar-refractivity contribution in [3.63, 3.8) is 0 Å². The summed E-state index contributed by atoms with van der Waals surface area (Å²) in [7, 11) is 2.05. The van der Waals surface area contributed by atoms with Crippen molar-refractivity contribution in [1.82, 2.24) is 9.88 Å². The predicted octanol–water partition coefficient (Wildman–Crippen LogP) is 6.09. The number of rotatable bonds is 5. The van der Waals surface area contributed by atoms with Crippen molar-refractivity contribution in [2.75, 3.05) is 11.9 Å². The lowest BCUT2D eigenvalue weighted by Crippen LogP contribution is -2.32. The Kier molecular flexibility index (Phi) is 5.77. The van der Waals surface area contributed by atoms with Crippen LogP contribution in [0.2, 0.25) is 5.02 Å². The van der Waals surface area contributed by atoms with Crippen molar-refractivity contribution < 1.29 is 4.79 Å². The fraction of sp³-hybridized carbons (Fsp3) is 0.160. The number of amides is 2. The van der Waals surface area contributed by atoms with Crippen LogP contribution in [0.4, 0.5) is 10.5 Å². The molecule has 5 heteroatoms. The summed E-state index contributed by atoms with van der Waals surface area (Å²) in [5.41, 5.74) is 5.17. The Bertz CT molecular complexity index is 1180. The van der Waals surface area contributed by atoms with E-state index in [1.54, 1.807) is 6.07 Å². The number of nitrogens with one attached hydrogen (secondary N) is 2. The topological polar surface area (TPSA) is 46.1 Å². The van der Waals surface area contributed by atoms with Gasteiger partial charge in [-0.15, -0.1) is 0 Å². The number of fused-ring (bicyclic) bond motifs is 1. The smallest absolute Gasteiger partial charge is 0.319 e. The molecule has 0 aliphatic heterocycles. The van der Waals surface area contributed by atoms with Crippen molar-refractivity contribution in [2.45, 2.75) is 12.8 Å². The molecule has 2 amide bonds. The highest BCUT2D eigenvalue weighted by molar-refractivity contribution is 6.31.